The molecule has 0 fully saturated rings. The smallest absolute Gasteiger partial charge is 0.255 e. The number of aromatic hydroxyl groups is 1. The number of carbonyl (C=O) groups excluding carboxylic acids is 1. The Hall–Kier alpha value is -1.77. The second-order valence-electron chi connectivity index (χ2n) is 3.63. The number of rotatable bonds is 2. The lowest BCUT2D eigenvalue weighted by Gasteiger charge is -2.12. The van der Waals surface area contributed by atoms with Gasteiger partial charge >= 0.3 is 0 Å². The molecule has 0 saturated heterocycles. The number of phenolic OH excluding ortho intramolecular Hbond substituents is 1. The molecule has 0 saturated carbocycles. The van der Waals surface area contributed by atoms with Crippen LogP contribution >= 0.6 is 0 Å². The van der Waals surface area contributed by atoms with Crippen LogP contribution in [-0.2, 0) is 0 Å². The Kier molecular flexibility index (Phi) is 2.72. The summed E-state index contributed by atoms with van der Waals surface area (Å²) in [6.07, 6.45) is 5.85. The molecule has 0 aromatic heterocycles. The Balaban J connectivity index is 2.05. The van der Waals surface area contributed by atoms with Crippen molar-refractivity contribution in [2.45, 2.75) is 18.9 Å². The van der Waals surface area contributed by atoms with E-state index in [1.54, 1.807) is 18.2 Å². The van der Waals surface area contributed by atoms with Crippen LogP contribution in [0.3, 0.4) is 0 Å². The lowest BCUT2D eigenvalue weighted by Crippen LogP contribution is -2.32. The minimum absolute atomic E-state index is 0.0287. The molecule has 15 heavy (non-hydrogen) atoms. The summed E-state index contributed by atoms with van der Waals surface area (Å²) in [4.78, 5) is 11.7. The van der Waals surface area contributed by atoms with Crippen molar-refractivity contribution in [2.24, 2.45) is 0 Å². The largest absolute Gasteiger partial charge is 0.507 e. The van der Waals surface area contributed by atoms with Crippen LogP contribution in [0.15, 0.2) is 36.4 Å². The highest BCUT2D eigenvalue weighted by Gasteiger charge is 2.16. The third-order valence-electron chi connectivity index (χ3n) is 2.49. The number of amides is 1. The second kappa shape index (κ2) is 4.17. The number of hydrogen-bond donors (Lipinski definition) is 2. The molecule has 3 nitrogen and oxygen atoms in total. The molecule has 1 aliphatic rings. The topological polar surface area (TPSA) is 49.3 Å². The molecule has 1 aromatic carbocycles. The second-order valence-corrected chi connectivity index (χ2v) is 3.63. The molecule has 3 heteroatoms. The summed E-state index contributed by atoms with van der Waals surface area (Å²) in [5.41, 5.74) is 0.337. The maximum Gasteiger partial charge on any atom is 0.255 e. The van der Waals surface area contributed by atoms with E-state index in [1.165, 1.54) is 6.07 Å². The van der Waals surface area contributed by atoms with Gasteiger partial charge in [0.05, 0.1) is 5.56 Å². The van der Waals surface area contributed by atoms with Gasteiger partial charge in [0.2, 0.25) is 0 Å². The van der Waals surface area contributed by atoms with E-state index in [0.29, 0.717) is 5.56 Å². The Morgan fingerprint density at radius 2 is 1.93 bits per heavy atom. The third kappa shape index (κ3) is 2.18. The van der Waals surface area contributed by atoms with Gasteiger partial charge < -0.3 is 10.4 Å². The fourth-order valence-electron chi connectivity index (χ4n) is 1.66. The van der Waals surface area contributed by atoms with Crippen LogP contribution in [-0.4, -0.2) is 17.1 Å². The molecule has 1 aliphatic carbocycles. The average Bonchev–Trinajstić information content (AvgIpc) is 2.71. The van der Waals surface area contributed by atoms with Crippen molar-refractivity contribution < 1.29 is 9.90 Å². The van der Waals surface area contributed by atoms with Crippen LogP contribution in [0.2, 0.25) is 0 Å². The van der Waals surface area contributed by atoms with E-state index >= 15 is 0 Å². The van der Waals surface area contributed by atoms with Crippen LogP contribution in [0.5, 0.6) is 5.75 Å². The van der Waals surface area contributed by atoms with E-state index in [4.69, 9.17) is 0 Å². The molecule has 0 radical (unpaired) electrons. The molecule has 2 rings (SSSR count). The lowest BCUT2D eigenvalue weighted by molar-refractivity contribution is 0.0936. The molecule has 0 bridgehead atoms. The predicted molar refractivity (Wildman–Crippen MR) is 57.7 cm³/mol. The van der Waals surface area contributed by atoms with Gasteiger partial charge in [0, 0.05) is 6.04 Å². The van der Waals surface area contributed by atoms with Gasteiger partial charge in [0.25, 0.3) is 5.91 Å². The van der Waals surface area contributed by atoms with Crippen molar-refractivity contribution in [2.75, 3.05) is 0 Å². The molecule has 0 heterocycles. The first-order chi connectivity index (χ1) is 7.27. The molecule has 0 unspecified atom stereocenters. The summed E-state index contributed by atoms with van der Waals surface area (Å²) in [7, 11) is 0. The molecule has 0 spiro atoms. The van der Waals surface area contributed by atoms with E-state index in [0.717, 1.165) is 12.8 Å². The van der Waals surface area contributed by atoms with Crippen molar-refractivity contribution in [1.82, 2.24) is 5.32 Å². The first-order valence-electron chi connectivity index (χ1n) is 5.01. The zero-order valence-electron chi connectivity index (χ0n) is 8.31. The summed E-state index contributed by atoms with van der Waals surface area (Å²) in [5, 5.41) is 12.4. The van der Waals surface area contributed by atoms with E-state index in [-0.39, 0.29) is 17.7 Å². The normalized spacial score (nSPS) is 15.5. The van der Waals surface area contributed by atoms with Gasteiger partial charge in [0.15, 0.2) is 0 Å². The van der Waals surface area contributed by atoms with Crippen molar-refractivity contribution in [3.63, 3.8) is 0 Å². The number of phenols is 1. The maximum absolute atomic E-state index is 11.7. The van der Waals surface area contributed by atoms with E-state index in [2.05, 4.69) is 17.5 Å². The van der Waals surface area contributed by atoms with Gasteiger partial charge in [-0.3, -0.25) is 4.79 Å². The molecule has 1 aromatic rings. The number of hydrogen-bond acceptors (Lipinski definition) is 2. The zero-order chi connectivity index (χ0) is 10.7. The summed E-state index contributed by atoms with van der Waals surface area (Å²) in [6, 6.07) is 6.75. The summed E-state index contributed by atoms with van der Waals surface area (Å²) < 4.78 is 0. The SMILES string of the molecule is O=C(NC1CC=CC1)c1ccccc1O. The van der Waals surface area contributed by atoms with Crippen molar-refractivity contribution in [3.8, 4) is 5.75 Å². The monoisotopic (exact) mass is 203 g/mol. The zero-order valence-corrected chi connectivity index (χ0v) is 8.31. The highest BCUT2D eigenvalue weighted by Crippen LogP contribution is 2.17. The van der Waals surface area contributed by atoms with Crippen LogP contribution in [0.1, 0.15) is 23.2 Å². The highest BCUT2D eigenvalue weighted by atomic mass is 16.3. The number of para-hydroxylation sites is 1. The Labute approximate surface area is 88.4 Å². The quantitative estimate of drug-likeness (QED) is 0.720. The van der Waals surface area contributed by atoms with Gasteiger partial charge in [-0.25, -0.2) is 0 Å². The number of carbonyl (C=O) groups is 1. The Bertz CT molecular complexity index is 390. The van der Waals surface area contributed by atoms with Gasteiger partial charge in [-0.2, -0.15) is 0 Å². The lowest BCUT2D eigenvalue weighted by atomic mass is 10.1. The Morgan fingerprint density at radius 1 is 1.27 bits per heavy atom. The maximum atomic E-state index is 11.7. The summed E-state index contributed by atoms with van der Waals surface area (Å²) in [5.74, 6) is -0.178. The number of benzene rings is 1. The number of nitrogens with one attached hydrogen (secondary N) is 1. The Morgan fingerprint density at radius 3 is 2.60 bits per heavy atom. The molecule has 0 atom stereocenters. The van der Waals surface area contributed by atoms with Crippen molar-refractivity contribution in [3.05, 3.63) is 42.0 Å². The molecule has 78 valence electrons. The molecular weight excluding hydrogens is 190 g/mol. The van der Waals surface area contributed by atoms with Crippen LogP contribution in [0.4, 0.5) is 0 Å². The minimum Gasteiger partial charge on any atom is -0.507 e. The van der Waals surface area contributed by atoms with Crippen LogP contribution in [0.25, 0.3) is 0 Å². The molecule has 1 amide bonds. The van der Waals surface area contributed by atoms with Crippen LogP contribution < -0.4 is 5.32 Å². The van der Waals surface area contributed by atoms with E-state index in [1.807, 2.05) is 0 Å². The van der Waals surface area contributed by atoms with Crippen molar-refractivity contribution in [1.29, 1.82) is 0 Å². The fourth-order valence-corrected chi connectivity index (χ4v) is 1.66. The molecule has 0 aliphatic heterocycles. The van der Waals surface area contributed by atoms with Gasteiger partial charge in [-0.15, -0.1) is 0 Å². The van der Waals surface area contributed by atoms with Gasteiger partial charge in [0.1, 0.15) is 5.75 Å². The summed E-state index contributed by atoms with van der Waals surface area (Å²) >= 11 is 0. The summed E-state index contributed by atoms with van der Waals surface area (Å²) in [6.45, 7) is 0. The van der Waals surface area contributed by atoms with E-state index < -0.39 is 0 Å². The van der Waals surface area contributed by atoms with E-state index in [9.17, 15) is 9.90 Å². The highest BCUT2D eigenvalue weighted by molar-refractivity contribution is 5.96. The standard InChI is InChI=1S/C12H13NO2/c14-11-8-4-3-7-10(11)12(15)13-9-5-1-2-6-9/h1-4,7-9,14H,5-6H2,(H,13,15). The fraction of sp³-hybridized carbons (Fsp3) is 0.250. The van der Waals surface area contributed by atoms with Crippen molar-refractivity contribution >= 4 is 5.91 Å². The van der Waals surface area contributed by atoms with Gasteiger partial charge in [-0.05, 0) is 25.0 Å². The average molecular weight is 203 g/mol. The first-order valence-corrected chi connectivity index (χ1v) is 5.01. The predicted octanol–water partition coefficient (Wildman–Crippen LogP) is 1.84. The van der Waals surface area contributed by atoms with Crippen LogP contribution in [0, 0.1) is 0 Å². The molecular formula is C12H13NO2. The van der Waals surface area contributed by atoms with Gasteiger partial charge in [-0.1, -0.05) is 24.3 Å². The first kappa shape index (κ1) is 9.77. The molecule has 2 N–H and O–H groups in total. The minimum atomic E-state index is -0.207. The third-order valence-corrected chi connectivity index (χ3v) is 2.49.